The minimum Gasteiger partial charge on any atom is -0.466 e. The molecule has 0 N–H and O–H groups in total. The van der Waals surface area contributed by atoms with Gasteiger partial charge in [-0.2, -0.15) is 0 Å². The molecule has 0 aromatic carbocycles. The molecule has 0 amide bonds. The van der Waals surface area contributed by atoms with Crippen LogP contribution in [0.15, 0.2) is 12.2 Å². The molecular formula is C12H18O6. The zero-order chi connectivity index (χ0) is 14.0. The Morgan fingerprint density at radius 2 is 1.67 bits per heavy atom. The lowest BCUT2D eigenvalue weighted by Gasteiger charge is -2.04. The van der Waals surface area contributed by atoms with E-state index in [1.54, 1.807) is 0 Å². The average Bonchev–Trinajstić information content (AvgIpc) is 2.33. The second kappa shape index (κ2) is 9.21. The number of unbranched alkanes of at least 4 members (excludes halogenated alkanes) is 1. The van der Waals surface area contributed by atoms with Gasteiger partial charge in [-0.1, -0.05) is 19.9 Å². The summed E-state index contributed by atoms with van der Waals surface area (Å²) in [7, 11) is 0. The van der Waals surface area contributed by atoms with E-state index in [2.05, 4.69) is 16.4 Å². The Labute approximate surface area is 106 Å². The molecule has 0 unspecified atom stereocenters. The molecule has 0 aliphatic carbocycles. The topological polar surface area (TPSA) is 78.9 Å². The highest BCUT2D eigenvalue weighted by atomic mass is 17.2. The first kappa shape index (κ1) is 16.1. The lowest BCUT2D eigenvalue weighted by molar-refractivity contribution is -0.255. The fourth-order valence-corrected chi connectivity index (χ4v) is 0.804. The van der Waals surface area contributed by atoms with E-state index >= 15 is 0 Å². The summed E-state index contributed by atoms with van der Waals surface area (Å²) in [5, 5.41) is 0. The van der Waals surface area contributed by atoms with Gasteiger partial charge in [-0.05, 0) is 13.3 Å². The minimum atomic E-state index is -0.825. The minimum absolute atomic E-state index is 0.104. The highest BCUT2D eigenvalue weighted by Gasteiger charge is 2.12. The molecule has 0 aliphatic heterocycles. The fraction of sp³-hybridized carbons (Fsp3) is 0.583. The first-order valence-corrected chi connectivity index (χ1v) is 5.70. The molecule has 6 nitrogen and oxygen atoms in total. The smallest absolute Gasteiger partial charge is 0.381 e. The van der Waals surface area contributed by atoms with Gasteiger partial charge in [0.2, 0.25) is 0 Å². The van der Waals surface area contributed by atoms with Crippen molar-refractivity contribution in [3.63, 3.8) is 0 Å². The normalized spacial score (nSPS) is 9.44. The van der Waals surface area contributed by atoms with Crippen LogP contribution in [0.1, 0.15) is 39.5 Å². The van der Waals surface area contributed by atoms with Gasteiger partial charge in [0.25, 0.3) is 0 Å². The third-order valence-electron chi connectivity index (χ3n) is 1.85. The Morgan fingerprint density at radius 3 is 2.22 bits per heavy atom. The lowest BCUT2D eigenvalue weighted by atomic mass is 10.3. The molecule has 0 aromatic rings. The molecule has 18 heavy (non-hydrogen) atoms. The quantitative estimate of drug-likeness (QED) is 0.227. The predicted molar refractivity (Wildman–Crippen MR) is 62.1 cm³/mol. The molecule has 0 aliphatic rings. The summed E-state index contributed by atoms with van der Waals surface area (Å²) in [5.74, 6) is -2.11. The first-order valence-electron chi connectivity index (χ1n) is 5.70. The number of hydrogen-bond acceptors (Lipinski definition) is 6. The highest BCUT2D eigenvalue weighted by molar-refractivity contribution is 5.87. The maximum Gasteiger partial charge on any atom is 0.381 e. The Bertz CT molecular complexity index is 321. The van der Waals surface area contributed by atoms with E-state index in [1.807, 2.05) is 6.92 Å². The maximum absolute atomic E-state index is 11.1. The Hall–Kier alpha value is -1.85. The molecule has 0 radical (unpaired) electrons. The summed E-state index contributed by atoms with van der Waals surface area (Å²) in [4.78, 5) is 41.4. The molecule has 0 aromatic heterocycles. The van der Waals surface area contributed by atoms with Gasteiger partial charge in [0.1, 0.15) is 0 Å². The van der Waals surface area contributed by atoms with E-state index in [1.165, 1.54) is 6.92 Å². The monoisotopic (exact) mass is 258 g/mol. The van der Waals surface area contributed by atoms with E-state index in [9.17, 15) is 14.4 Å². The van der Waals surface area contributed by atoms with E-state index in [0.29, 0.717) is 6.61 Å². The largest absolute Gasteiger partial charge is 0.466 e. The summed E-state index contributed by atoms with van der Waals surface area (Å²) in [6.45, 7) is 7.04. The van der Waals surface area contributed by atoms with E-state index in [4.69, 9.17) is 4.74 Å². The van der Waals surface area contributed by atoms with Gasteiger partial charge < -0.3 is 4.74 Å². The van der Waals surface area contributed by atoms with Crippen LogP contribution in [0.25, 0.3) is 0 Å². The standard InChI is InChI=1S/C12H18O6/c1-4-5-8-16-10(13)6-7-11(14)17-18-12(15)9(2)3/h2,4-8H2,1,3H3. The van der Waals surface area contributed by atoms with Crippen molar-refractivity contribution in [3.05, 3.63) is 12.2 Å². The van der Waals surface area contributed by atoms with Crippen LogP contribution in [-0.4, -0.2) is 24.5 Å². The van der Waals surface area contributed by atoms with Crippen molar-refractivity contribution in [2.75, 3.05) is 6.61 Å². The maximum atomic E-state index is 11.1. The number of ether oxygens (including phenoxy) is 1. The van der Waals surface area contributed by atoms with Crippen molar-refractivity contribution < 1.29 is 28.9 Å². The van der Waals surface area contributed by atoms with Gasteiger partial charge in [-0.25, -0.2) is 19.4 Å². The summed E-state index contributed by atoms with van der Waals surface area (Å²) < 4.78 is 4.83. The van der Waals surface area contributed by atoms with Crippen molar-refractivity contribution in [1.29, 1.82) is 0 Å². The molecule has 0 heterocycles. The van der Waals surface area contributed by atoms with Crippen LogP contribution < -0.4 is 0 Å². The van der Waals surface area contributed by atoms with Crippen LogP contribution in [-0.2, 0) is 28.9 Å². The Balaban J connectivity index is 3.67. The number of carbonyl (C=O) groups is 3. The number of esters is 1. The van der Waals surface area contributed by atoms with Crippen LogP contribution in [0.3, 0.4) is 0 Å². The number of hydrogen-bond donors (Lipinski definition) is 0. The molecular weight excluding hydrogens is 240 g/mol. The van der Waals surface area contributed by atoms with Crippen LogP contribution in [0, 0.1) is 0 Å². The Morgan fingerprint density at radius 1 is 1.06 bits per heavy atom. The third kappa shape index (κ3) is 8.32. The van der Waals surface area contributed by atoms with E-state index in [0.717, 1.165) is 12.8 Å². The zero-order valence-corrected chi connectivity index (χ0v) is 10.7. The highest BCUT2D eigenvalue weighted by Crippen LogP contribution is 2.00. The van der Waals surface area contributed by atoms with Crippen molar-refractivity contribution in [2.24, 2.45) is 0 Å². The SMILES string of the molecule is C=C(C)C(=O)OOC(=O)CCC(=O)OCCCC. The molecule has 0 atom stereocenters. The van der Waals surface area contributed by atoms with E-state index in [-0.39, 0.29) is 18.4 Å². The van der Waals surface area contributed by atoms with Crippen molar-refractivity contribution >= 4 is 17.9 Å². The first-order chi connectivity index (χ1) is 8.47. The summed E-state index contributed by atoms with van der Waals surface area (Å²) in [5.41, 5.74) is 0.113. The van der Waals surface area contributed by atoms with Crippen molar-refractivity contribution in [1.82, 2.24) is 0 Å². The predicted octanol–water partition coefficient (Wildman–Crippen LogP) is 1.69. The average molecular weight is 258 g/mol. The lowest BCUT2D eigenvalue weighted by Crippen LogP contribution is -2.14. The van der Waals surface area contributed by atoms with Crippen LogP contribution in [0.4, 0.5) is 0 Å². The van der Waals surface area contributed by atoms with Crippen molar-refractivity contribution in [3.8, 4) is 0 Å². The molecule has 6 heteroatoms. The molecule has 0 spiro atoms. The fourth-order valence-electron chi connectivity index (χ4n) is 0.804. The second-order valence-corrected chi connectivity index (χ2v) is 3.68. The molecule has 0 fully saturated rings. The summed E-state index contributed by atoms with van der Waals surface area (Å²) in [6.07, 6.45) is 1.40. The molecule has 0 rings (SSSR count). The van der Waals surface area contributed by atoms with Gasteiger partial charge in [-0.3, -0.25) is 4.79 Å². The molecule has 0 saturated carbocycles. The van der Waals surface area contributed by atoms with Gasteiger partial charge in [-0.15, -0.1) is 0 Å². The van der Waals surface area contributed by atoms with Crippen LogP contribution in [0.2, 0.25) is 0 Å². The van der Waals surface area contributed by atoms with Gasteiger partial charge in [0, 0.05) is 5.57 Å². The number of carbonyl (C=O) groups excluding carboxylic acids is 3. The van der Waals surface area contributed by atoms with Gasteiger partial charge in [0.15, 0.2) is 0 Å². The summed E-state index contributed by atoms with van der Waals surface area (Å²) >= 11 is 0. The molecule has 0 bridgehead atoms. The van der Waals surface area contributed by atoms with Gasteiger partial charge >= 0.3 is 17.9 Å². The van der Waals surface area contributed by atoms with Crippen LogP contribution in [0.5, 0.6) is 0 Å². The number of rotatable bonds is 7. The second-order valence-electron chi connectivity index (χ2n) is 3.68. The molecule has 0 saturated heterocycles. The summed E-state index contributed by atoms with van der Waals surface area (Å²) in [6, 6.07) is 0. The Kier molecular flexibility index (Phi) is 8.26. The zero-order valence-electron chi connectivity index (χ0n) is 10.7. The van der Waals surface area contributed by atoms with Crippen molar-refractivity contribution in [2.45, 2.75) is 39.5 Å². The van der Waals surface area contributed by atoms with E-state index < -0.39 is 17.9 Å². The van der Waals surface area contributed by atoms with Gasteiger partial charge in [0.05, 0.1) is 19.4 Å². The van der Waals surface area contributed by atoms with Crippen LogP contribution >= 0.6 is 0 Å². The molecule has 102 valence electrons. The third-order valence-corrected chi connectivity index (χ3v) is 1.85.